The van der Waals surface area contributed by atoms with Crippen molar-refractivity contribution < 1.29 is 14.1 Å². The van der Waals surface area contributed by atoms with Crippen LogP contribution in [-0.2, 0) is 4.74 Å². The molecular formula is C25H29N9O3. The standard InChI is InChI=1S/C25H29N9O3/c1-16-13-23(31-30-16)28-22-15-19(24(35)33(2)11-12-36-3)27-25(29-22)34-10-6-8-20(34)21-14-18(32-37-21)17-7-4-5-9-26-17/h4-5,7,9,13-15,20H,6,8,10-12H2,1-3H3,(H2,27,28,29,30,31). The van der Waals surface area contributed by atoms with Gasteiger partial charge in [0.25, 0.3) is 5.91 Å². The lowest BCUT2D eigenvalue weighted by Crippen LogP contribution is -2.32. The zero-order valence-electron chi connectivity index (χ0n) is 21.0. The third-order valence-corrected chi connectivity index (χ3v) is 6.17. The summed E-state index contributed by atoms with van der Waals surface area (Å²) >= 11 is 0. The predicted molar refractivity (Wildman–Crippen MR) is 137 cm³/mol. The van der Waals surface area contributed by atoms with E-state index >= 15 is 0 Å². The number of carbonyl (C=O) groups is 1. The number of ether oxygens (including phenoxy) is 1. The van der Waals surface area contributed by atoms with E-state index in [0.29, 0.717) is 48.7 Å². The molecule has 1 aliphatic rings. The lowest BCUT2D eigenvalue weighted by atomic mass is 10.1. The molecule has 12 heteroatoms. The molecule has 12 nitrogen and oxygen atoms in total. The van der Waals surface area contributed by atoms with E-state index in [1.54, 1.807) is 31.3 Å². The molecule has 1 atom stereocenters. The number of hydrogen-bond acceptors (Lipinski definition) is 10. The molecule has 0 aliphatic carbocycles. The van der Waals surface area contributed by atoms with Crippen molar-refractivity contribution in [1.29, 1.82) is 0 Å². The number of hydrogen-bond donors (Lipinski definition) is 2. The third kappa shape index (κ3) is 5.43. The second kappa shape index (κ2) is 10.7. The molecule has 1 unspecified atom stereocenters. The van der Waals surface area contributed by atoms with Gasteiger partial charge >= 0.3 is 0 Å². The molecule has 192 valence electrons. The van der Waals surface area contributed by atoms with Gasteiger partial charge in [0.05, 0.1) is 18.3 Å². The molecule has 4 aromatic rings. The Hall–Kier alpha value is -4.32. The molecular weight excluding hydrogens is 474 g/mol. The molecule has 5 heterocycles. The maximum absolute atomic E-state index is 13.2. The first-order valence-electron chi connectivity index (χ1n) is 12.1. The fourth-order valence-electron chi connectivity index (χ4n) is 4.26. The number of rotatable bonds is 9. The van der Waals surface area contributed by atoms with Crippen LogP contribution in [-0.4, -0.2) is 75.0 Å². The number of likely N-dealkylation sites (N-methyl/N-ethyl adjacent to an activating group) is 1. The lowest BCUT2D eigenvalue weighted by molar-refractivity contribution is 0.0738. The van der Waals surface area contributed by atoms with Crippen molar-refractivity contribution in [3.05, 3.63) is 59.7 Å². The van der Waals surface area contributed by atoms with E-state index in [-0.39, 0.29) is 17.6 Å². The van der Waals surface area contributed by atoms with Crippen molar-refractivity contribution in [2.45, 2.75) is 25.8 Å². The largest absolute Gasteiger partial charge is 0.383 e. The van der Waals surface area contributed by atoms with Crippen LogP contribution in [0.5, 0.6) is 0 Å². The highest BCUT2D eigenvalue weighted by atomic mass is 16.5. The van der Waals surface area contributed by atoms with E-state index in [1.165, 1.54) is 0 Å². The van der Waals surface area contributed by atoms with Crippen LogP contribution in [0.3, 0.4) is 0 Å². The Morgan fingerprint density at radius 2 is 2.14 bits per heavy atom. The van der Waals surface area contributed by atoms with E-state index in [0.717, 1.165) is 24.2 Å². The van der Waals surface area contributed by atoms with E-state index in [1.807, 2.05) is 37.3 Å². The summed E-state index contributed by atoms with van der Waals surface area (Å²) in [6, 6.07) is 10.9. The van der Waals surface area contributed by atoms with Gasteiger partial charge in [-0.1, -0.05) is 11.2 Å². The number of nitrogens with zero attached hydrogens (tertiary/aromatic N) is 7. The molecule has 2 N–H and O–H groups in total. The van der Waals surface area contributed by atoms with Crippen LogP contribution in [0.1, 0.15) is 40.8 Å². The van der Waals surface area contributed by atoms with Crippen molar-refractivity contribution in [2.24, 2.45) is 0 Å². The smallest absolute Gasteiger partial charge is 0.272 e. The van der Waals surface area contributed by atoms with Crippen molar-refractivity contribution in [2.75, 3.05) is 44.1 Å². The Labute approximate surface area is 214 Å². The van der Waals surface area contributed by atoms with E-state index in [4.69, 9.17) is 14.2 Å². The maximum Gasteiger partial charge on any atom is 0.272 e. The van der Waals surface area contributed by atoms with Crippen LogP contribution < -0.4 is 10.2 Å². The highest BCUT2D eigenvalue weighted by Gasteiger charge is 2.32. The predicted octanol–water partition coefficient (Wildman–Crippen LogP) is 3.36. The Morgan fingerprint density at radius 3 is 2.89 bits per heavy atom. The third-order valence-electron chi connectivity index (χ3n) is 6.17. The SMILES string of the molecule is COCCN(C)C(=O)c1cc(Nc2cc(C)[nH]n2)nc(N2CCCC2c2cc(-c3ccccn3)no2)n1. The highest BCUT2D eigenvalue weighted by molar-refractivity contribution is 5.93. The summed E-state index contributed by atoms with van der Waals surface area (Å²) in [6.07, 6.45) is 3.48. The van der Waals surface area contributed by atoms with Crippen molar-refractivity contribution in [3.8, 4) is 11.4 Å². The minimum atomic E-state index is -0.227. The van der Waals surface area contributed by atoms with Crippen molar-refractivity contribution in [1.82, 2.24) is 35.2 Å². The number of H-pyrrole nitrogens is 1. The van der Waals surface area contributed by atoms with Gasteiger partial charge in [0.15, 0.2) is 11.6 Å². The fraction of sp³-hybridized carbons (Fsp3) is 0.360. The number of amides is 1. The summed E-state index contributed by atoms with van der Waals surface area (Å²) in [4.78, 5) is 30.6. The molecule has 0 spiro atoms. The second-order valence-electron chi connectivity index (χ2n) is 8.90. The molecule has 0 aromatic carbocycles. The molecule has 1 amide bonds. The van der Waals surface area contributed by atoms with Gasteiger partial charge in [0.1, 0.15) is 17.2 Å². The first-order chi connectivity index (χ1) is 18.0. The molecule has 0 saturated carbocycles. The molecule has 0 radical (unpaired) electrons. The average Bonchev–Trinajstić information content (AvgIpc) is 3.68. The monoisotopic (exact) mass is 503 g/mol. The number of aromatic nitrogens is 6. The fourth-order valence-corrected chi connectivity index (χ4v) is 4.26. The minimum Gasteiger partial charge on any atom is -0.383 e. The molecule has 4 aromatic heterocycles. The first kappa shape index (κ1) is 24.4. The molecule has 5 rings (SSSR count). The number of pyridine rings is 1. The maximum atomic E-state index is 13.2. The van der Waals surface area contributed by atoms with Crippen LogP contribution in [0, 0.1) is 6.92 Å². The van der Waals surface area contributed by atoms with Gasteiger partial charge in [-0.05, 0) is 31.9 Å². The van der Waals surface area contributed by atoms with Crippen LogP contribution in [0.4, 0.5) is 17.6 Å². The first-order valence-corrected chi connectivity index (χ1v) is 12.1. The van der Waals surface area contributed by atoms with Gasteiger partial charge in [-0.2, -0.15) is 10.1 Å². The van der Waals surface area contributed by atoms with Crippen molar-refractivity contribution in [3.63, 3.8) is 0 Å². The number of carbonyl (C=O) groups excluding carboxylic acids is 1. The number of anilines is 3. The summed E-state index contributed by atoms with van der Waals surface area (Å²) in [5.41, 5.74) is 2.59. The topological polar surface area (TPSA) is 138 Å². The number of aromatic amines is 1. The molecule has 0 bridgehead atoms. The van der Waals surface area contributed by atoms with Gasteiger partial charge in [-0.3, -0.25) is 14.9 Å². The van der Waals surface area contributed by atoms with E-state index in [9.17, 15) is 4.79 Å². The summed E-state index contributed by atoms with van der Waals surface area (Å²) in [5, 5.41) is 14.6. The summed E-state index contributed by atoms with van der Waals surface area (Å²) in [7, 11) is 3.32. The van der Waals surface area contributed by atoms with E-state index in [2.05, 4.69) is 35.5 Å². The molecule has 1 fully saturated rings. The minimum absolute atomic E-state index is 0.123. The van der Waals surface area contributed by atoms with Crippen molar-refractivity contribution >= 4 is 23.5 Å². The molecule has 1 saturated heterocycles. The average molecular weight is 504 g/mol. The van der Waals surface area contributed by atoms with Gasteiger partial charge < -0.3 is 24.4 Å². The Balaban J connectivity index is 1.47. The van der Waals surface area contributed by atoms with Crippen LogP contribution in [0.15, 0.2) is 47.1 Å². The van der Waals surface area contributed by atoms with Crippen LogP contribution >= 0.6 is 0 Å². The van der Waals surface area contributed by atoms with Gasteiger partial charge in [-0.15, -0.1) is 0 Å². The Bertz CT molecular complexity index is 1350. The Kier molecular flexibility index (Phi) is 7.08. The quantitative estimate of drug-likeness (QED) is 0.349. The zero-order chi connectivity index (χ0) is 25.8. The molecule has 37 heavy (non-hydrogen) atoms. The number of aryl methyl sites for hydroxylation is 1. The summed E-state index contributed by atoms with van der Waals surface area (Å²) in [5.74, 6) is 1.97. The van der Waals surface area contributed by atoms with Crippen LogP contribution in [0.25, 0.3) is 11.4 Å². The van der Waals surface area contributed by atoms with Gasteiger partial charge in [0, 0.05) is 57.3 Å². The molecule has 1 aliphatic heterocycles. The normalized spacial score (nSPS) is 15.2. The number of methoxy groups -OCH3 is 1. The summed E-state index contributed by atoms with van der Waals surface area (Å²) in [6.45, 7) is 3.49. The number of nitrogens with one attached hydrogen (secondary N) is 2. The highest BCUT2D eigenvalue weighted by Crippen LogP contribution is 2.36. The van der Waals surface area contributed by atoms with Crippen LogP contribution in [0.2, 0.25) is 0 Å². The van der Waals surface area contributed by atoms with E-state index < -0.39 is 0 Å². The lowest BCUT2D eigenvalue weighted by Gasteiger charge is -2.24. The summed E-state index contributed by atoms with van der Waals surface area (Å²) < 4.78 is 10.9. The Morgan fingerprint density at radius 1 is 1.24 bits per heavy atom. The zero-order valence-corrected chi connectivity index (χ0v) is 21.0. The van der Waals surface area contributed by atoms with Gasteiger partial charge in [-0.25, -0.2) is 4.98 Å². The van der Waals surface area contributed by atoms with Gasteiger partial charge in [0.2, 0.25) is 5.95 Å². The second-order valence-corrected chi connectivity index (χ2v) is 8.90.